The summed E-state index contributed by atoms with van der Waals surface area (Å²) < 4.78 is 10.7. The summed E-state index contributed by atoms with van der Waals surface area (Å²) in [5, 5.41) is 21.1. The summed E-state index contributed by atoms with van der Waals surface area (Å²) in [5.41, 5.74) is -0.618. The van der Waals surface area contributed by atoms with Gasteiger partial charge in [-0.3, -0.25) is 10.1 Å². The molecule has 21 heavy (non-hydrogen) atoms. The first-order valence-electron chi connectivity index (χ1n) is 6.28. The molecule has 1 aromatic rings. The topological polar surface area (TPSA) is 98.9 Å². The van der Waals surface area contributed by atoms with Gasteiger partial charge in [0, 0.05) is 11.4 Å². The lowest BCUT2D eigenvalue weighted by molar-refractivity contribution is -0.386. The van der Waals surface area contributed by atoms with Crippen LogP contribution in [0.2, 0.25) is 0 Å². The number of carboxylic acids is 1. The van der Waals surface area contributed by atoms with E-state index in [1.54, 1.807) is 6.92 Å². The average Bonchev–Trinajstić information content (AvgIpc) is 2.45. The van der Waals surface area contributed by atoms with Crippen molar-refractivity contribution in [2.75, 3.05) is 19.0 Å². The number of alkyl halides is 1. The van der Waals surface area contributed by atoms with Gasteiger partial charge in [0.2, 0.25) is 0 Å². The molecule has 0 spiro atoms. The van der Waals surface area contributed by atoms with E-state index in [-0.39, 0.29) is 23.5 Å². The van der Waals surface area contributed by atoms with Crippen molar-refractivity contribution in [3.63, 3.8) is 0 Å². The van der Waals surface area contributed by atoms with Crippen LogP contribution in [0, 0.1) is 10.1 Å². The lowest BCUT2D eigenvalue weighted by Gasteiger charge is -2.15. The van der Waals surface area contributed by atoms with Gasteiger partial charge in [-0.25, -0.2) is 4.79 Å². The highest BCUT2D eigenvalue weighted by molar-refractivity contribution is 9.09. The molecule has 0 heterocycles. The summed E-state index contributed by atoms with van der Waals surface area (Å²) in [6.45, 7) is 2.04. The van der Waals surface area contributed by atoms with Gasteiger partial charge in [-0.05, 0) is 12.8 Å². The summed E-state index contributed by atoms with van der Waals surface area (Å²) in [4.78, 5) is 21.8. The normalized spacial score (nSPS) is 10.2. The van der Waals surface area contributed by atoms with Crippen LogP contribution in [0.4, 0.5) is 5.69 Å². The third-order valence-corrected chi connectivity index (χ3v) is 3.39. The standard InChI is InChI=1S/C13H16BrNO6/c1-3-8-11(15(18)19)9(13(16)17)7-10(20-2)12(8)21-6-4-5-14/h7H,3-6H2,1-2H3,(H,16,17). The maximum Gasteiger partial charge on any atom is 0.342 e. The number of rotatable bonds is 8. The molecule has 7 nitrogen and oxygen atoms in total. The molecule has 0 saturated heterocycles. The molecule has 0 aliphatic heterocycles. The van der Waals surface area contributed by atoms with Crippen LogP contribution in [-0.4, -0.2) is 35.0 Å². The van der Waals surface area contributed by atoms with Crippen molar-refractivity contribution < 1.29 is 24.3 Å². The van der Waals surface area contributed by atoms with Crippen LogP contribution in [0.5, 0.6) is 11.5 Å². The molecule has 1 aromatic carbocycles. The first-order chi connectivity index (χ1) is 9.97. The van der Waals surface area contributed by atoms with Crippen LogP contribution < -0.4 is 9.47 Å². The maximum absolute atomic E-state index is 11.2. The van der Waals surface area contributed by atoms with E-state index in [2.05, 4.69) is 15.9 Å². The minimum absolute atomic E-state index is 0.185. The van der Waals surface area contributed by atoms with Crippen molar-refractivity contribution in [3.8, 4) is 11.5 Å². The molecule has 0 aromatic heterocycles. The number of ether oxygens (including phenoxy) is 2. The average molecular weight is 362 g/mol. The Morgan fingerprint density at radius 1 is 1.52 bits per heavy atom. The number of methoxy groups -OCH3 is 1. The highest BCUT2D eigenvalue weighted by Gasteiger charge is 2.30. The van der Waals surface area contributed by atoms with Crippen molar-refractivity contribution in [1.29, 1.82) is 0 Å². The molecule has 0 aliphatic rings. The molecule has 116 valence electrons. The molecule has 1 rings (SSSR count). The molecule has 0 fully saturated rings. The lowest BCUT2D eigenvalue weighted by atomic mass is 10.0. The van der Waals surface area contributed by atoms with Gasteiger partial charge in [0.05, 0.1) is 24.2 Å². The lowest BCUT2D eigenvalue weighted by Crippen LogP contribution is -2.10. The van der Waals surface area contributed by atoms with Crippen LogP contribution in [0.25, 0.3) is 0 Å². The Bertz CT molecular complexity index is 546. The first-order valence-corrected chi connectivity index (χ1v) is 7.40. The van der Waals surface area contributed by atoms with E-state index in [9.17, 15) is 14.9 Å². The number of aromatic carboxylic acids is 1. The number of hydrogen-bond donors (Lipinski definition) is 1. The van der Waals surface area contributed by atoms with E-state index in [0.29, 0.717) is 13.0 Å². The van der Waals surface area contributed by atoms with Crippen molar-refractivity contribution >= 4 is 27.6 Å². The zero-order valence-corrected chi connectivity index (χ0v) is 13.3. The molecule has 0 bridgehead atoms. The highest BCUT2D eigenvalue weighted by atomic mass is 79.9. The Labute approximate surface area is 130 Å². The number of benzene rings is 1. The monoisotopic (exact) mass is 361 g/mol. The van der Waals surface area contributed by atoms with Crippen molar-refractivity contribution in [2.24, 2.45) is 0 Å². The molecular formula is C13H16BrNO6. The van der Waals surface area contributed by atoms with E-state index in [1.165, 1.54) is 7.11 Å². The van der Waals surface area contributed by atoms with Gasteiger partial charge < -0.3 is 14.6 Å². The molecular weight excluding hydrogens is 346 g/mol. The number of carbonyl (C=O) groups is 1. The van der Waals surface area contributed by atoms with Gasteiger partial charge in [-0.2, -0.15) is 0 Å². The Balaban J connectivity index is 3.50. The van der Waals surface area contributed by atoms with E-state index >= 15 is 0 Å². The minimum atomic E-state index is -1.37. The largest absolute Gasteiger partial charge is 0.493 e. The molecule has 8 heteroatoms. The van der Waals surface area contributed by atoms with Gasteiger partial charge in [-0.1, -0.05) is 22.9 Å². The Morgan fingerprint density at radius 3 is 2.62 bits per heavy atom. The van der Waals surface area contributed by atoms with Gasteiger partial charge in [0.25, 0.3) is 5.69 Å². The SMILES string of the molecule is CCc1c(OCCCBr)c(OC)cc(C(=O)O)c1[N+](=O)[O-]. The molecule has 0 aliphatic carbocycles. The van der Waals surface area contributed by atoms with Crippen molar-refractivity contribution in [3.05, 3.63) is 27.3 Å². The van der Waals surface area contributed by atoms with Crippen LogP contribution >= 0.6 is 15.9 Å². The number of hydrogen-bond acceptors (Lipinski definition) is 5. The van der Waals surface area contributed by atoms with E-state index in [1.807, 2.05) is 0 Å². The third kappa shape index (κ3) is 3.84. The molecule has 0 unspecified atom stereocenters. The predicted octanol–water partition coefficient (Wildman–Crippen LogP) is 3.03. The van der Waals surface area contributed by atoms with E-state index < -0.39 is 22.1 Å². The summed E-state index contributed by atoms with van der Waals surface area (Å²) in [6, 6.07) is 1.13. The molecule has 1 N–H and O–H groups in total. The van der Waals surface area contributed by atoms with Crippen molar-refractivity contribution in [2.45, 2.75) is 19.8 Å². The van der Waals surface area contributed by atoms with Gasteiger partial charge >= 0.3 is 5.97 Å². The van der Waals surface area contributed by atoms with E-state index in [4.69, 9.17) is 14.6 Å². The quantitative estimate of drug-likeness (QED) is 0.330. The van der Waals surface area contributed by atoms with Crippen LogP contribution in [-0.2, 0) is 6.42 Å². The number of nitro groups is 1. The van der Waals surface area contributed by atoms with Crippen LogP contribution in [0.3, 0.4) is 0 Å². The molecule has 0 saturated carbocycles. The fraction of sp³-hybridized carbons (Fsp3) is 0.462. The van der Waals surface area contributed by atoms with Crippen LogP contribution in [0.1, 0.15) is 29.3 Å². The number of nitro benzene ring substituents is 1. The zero-order chi connectivity index (χ0) is 16.0. The molecule has 0 amide bonds. The first kappa shape index (κ1) is 17.2. The maximum atomic E-state index is 11.2. The summed E-state index contributed by atoms with van der Waals surface area (Å²) in [6.07, 6.45) is 0.970. The fourth-order valence-electron chi connectivity index (χ4n) is 1.92. The Hall–Kier alpha value is -1.83. The highest BCUT2D eigenvalue weighted by Crippen LogP contribution is 2.40. The summed E-state index contributed by atoms with van der Waals surface area (Å²) in [5.74, 6) is -0.955. The third-order valence-electron chi connectivity index (χ3n) is 2.83. The number of carboxylic acid groups (broad SMARTS) is 1. The van der Waals surface area contributed by atoms with Gasteiger partial charge in [0.15, 0.2) is 11.5 Å². The Morgan fingerprint density at radius 2 is 2.19 bits per heavy atom. The number of halogens is 1. The van der Waals surface area contributed by atoms with Crippen LogP contribution in [0.15, 0.2) is 6.07 Å². The molecule has 0 atom stereocenters. The van der Waals surface area contributed by atoms with Crippen molar-refractivity contribution in [1.82, 2.24) is 0 Å². The number of nitrogens with zero attached hydrogens (tertiary/aromatic N) is 1. The van der Waals surface area contributed by atoms with Gasteiger partial charge in [-0.15, -0.1) is 0 Å². The summed E-state index contributed by atoms with van der Waals surface area (Å²) in [7, 11) is 1.36. The second-order valence-corrected chi connectivity index (χ2v) is 4.88. The predicted molar refractivity (Wildman–Crippen MR) is 79.9 cm³/mol. The Kier molecular flexibility index (Phi) is 6.41. The fourth-order valence-corrected chi connectivity index (χ4v) is 2.15. The summed E-state index contributed by atoms with van der Waals surface area (Å²) >= 11 is 3.27. The smallest absolute Gasteiger partial charge is 0.342 e. The second-order valence-electron chi connectivity index (χ2n) is 4.09. The second kappa shape index (κ2) is 7.82. The van der Waals surface area contributed by atoms with Gasteiger partial charge in [0.1, 0.15) is 5.56 Å². The minimum Gasteiger partial charge on any atom is -0.493 e. The van der Waals surface area contributed by atoms with E-state index in [0.717, 1.165) is 11.4 Å². The molecule has 0 radical (unpaired) electrons. The zero-order valence-electron chi connectivity index (χ0n) is 11.7.